The third-order valence-electron chi connectivity index (χ3n) is 4.05. The average Bonchev–Trinajstić information content (AvgIpc) is 2.61. The summed E-state index contributed by atoms with van der Waals surface area (Å²) in [7, 11) is 1.74. The zero-order chi connectivity index (χ0) is 17.5. The average molecular weight is 330 g/mol. The van der Waals surface area contributed by atoms with Crippen LogP contribution in [0.5, 0.6) is 0 Å². The molecule has 0 unspecified atom stereocenters. The van der Waals surface area contributed by atoms with Gasteiger partial charge in [0, 0.05) is 18.8 Å². The fourth-order valence-electron chi connectivity index (χ4n) is 2.38. The van der Waals surface area contributed by atoms with E-state index >= 15 is 0 Å². The Labute approximate surface area is 141 Å². The maximum Gasteiger partial charge on any atom is 0.241 e. The van der Waals surface area contributed by atoms with Gasteiger partial charge in [0.2, 0.25) is 11.8 Å². The Balaban J connectivity index is 1.89. The van der Waals surface area contributed by atoms with Crippen LogP contribution in [0.2, 0.25) is 0 Å². The van der Waals surface area contributed by atoms with Crippen molar-refractivity contribution in [1.29, 1.82) is 5.26 Å². The molecular weight excluding hydrogens is 308 g/mol. The van der Waals surface area contributed by atoms with Crippen molar-refractivity contribution < 1.29 is 14.3 Å². The molecule has 7 nitrogen and oxygen atoms in total. The molecule has 0 saturated carbocycles. The Hall–Kier alpha value is -2.43. The number of benzene rings is 1. The largest absolute Gasteiger partial charge is 0.378 e. The molecule has 1 fully saturated rings. The number of ether oxygens (including phenoxy) is 1. The Bertz CT molecular complexity index is 635. The topological polar surface area (TPSA) is 85.7 Å². The minimum absolute atomic E-state index is 0.00747. The number of carbonyl (C=O) groups excluding carboxylic acids is 2. The number of nitrogens with zero attached hydrogens (tertiary/aromatic N) is 3. The van der Waals surface area contributed by atoms with Gasteiger partial charge in [-0.2, -0.15) is 5.26 Å². The van der Waals surface area contributed by atoms with E-state index in [-0.39, 0.29) is 18.4 Å². The van der Waals surface area contributed by atoms with Gasteiger partial charge in [0.15, 0.2) is 0 Å². The van der Waals surface area contributed by atoms with Crippen molar-refractivity contribution in [3.8, 4) is 6.07 Å². The molecule has 1 N–H and O–H groups in total. The van der Waals surface area contributed by atoms with E-state index in [1.54, 1.807) is 48.0 Å². The number of carbonyl (C=O) groups is 2. The van der Waals surface area contributed by atoms with Crippen LogP contribution in [0.4, 0.5) is 5.69 Å². The number of nitrogens with one attached hydrogen (secondary N) is 1. The first-order valence-corrected chi connectivity index (χ1v) is 7.88. The lowest BCUT2D eigenvalue weighted by atomic mass is 10.2. The zero-order valence-electron chi connectivity index (χ0n) is 14.0. The van der Waals surface area contributed by atoms with Gasteiger partial charge in [0.1, 0.15) is 0 Å². The van der Waals surface area contributed by atoms with Gasteiger partial charge in [-0.1, -0.05) is 6.07 Å². The summed E-state index contributed by atoms with van der Waals surface area (Å²) >= 11 is 0. The summed E-state index contributed by atoms with van der Waals surface area (Å²) in [5.74, 6) is -0.228. The Kier molecular flexibility index (Phi) is 6.29. The van der Waals surface area contributed by atoms with Crippen LogP contribution in [0.25, 0.3) is 0 Å². The summed E-state index contributed by atoms with van der Waals surface area (Å²) in [5.41, 5.74) is 1.05. The molecule has 1 atom stereocenters. The molecule has 0 aliphatic carbocycles. The maximum absolute atomic E-state index is 12.3. The minimum Gasteiger partial charge on any atom is -0.378 e. The van der Waals surface area contributed by atoms with Crippen LogP contribution in [-0.2, 0) is 14.3 Å². The molecule has 1 aromatic rings. The molecule has 0 radical (unpaired) electrons. The van der Waals surface area contributed by atoms with E-state index in [1.165, 1.54) is 0 Å². The number of nitriles is 1. The molecule has 7 heteroatoms. The smallest absolute Gasteiger partial charge is 0.241 e. The van der Waals surface area contributed by atoms with Gasteiger partial charge in [0.05, 0.1) is 37.4 Å². The minimum atomic E-state index is -0.472. The Morgan fingerprint density at radius 3 is 2.79 bits per heavy atom. The van der Waals surface area contributed by atoms with E-state index in [0.29, 0.717) is 37.6 Å². The van der Waals surface area contributed by atoms with Crippen molar-refractivity contribution in [2.75, 3.05) is 45.2 Å². The highest BCUT2D eigenvalue weighted by Crippen LogP contribution is 2.11. The highest BCUT2D eigenvalue weighted by atomic mass is 16.5. The molecule has 0 spiro atoms. The lowest BCUT2D eigenvalue weighted by molar-refractivity contribution is -0.137. The van der Waals surface area contributed by atoms with Gasteiger partial charge in [-0.15, -0.1) is 0 Å². The summed E-state index contributed by atoms with van der Waals surface area (Å²) in [5, 5.41) is 11.7. The third kappa shape index (κ3) is 4.78. The summed E-state index contributed by atoms with van der Waals surface area (Å²) in [6.45, 7) is 4.22. The van der Waals surface area contributed by atoms with Gasteiger partial charge in [-0.25, -0.2) is 0 Å². The van der Waals surface area contributed by atoms with Crippen molar-refractivity contribution >= 4 is 17.5 Å². The van der Waals surface area contributed by atoms with Gasteiger partial charge in [-0.3, -0.25) is 14.5 Å². The fourth-order valence-corrected chi connectivity index (χ4v) is 2.38. The maximum atomic E-state index is 12.3. The second kappa shape index (κ2) is 8.43. The van der Waals surface area contributed by atoms with E-state index in [4.69, 9.17) is 10.00 Å². The lowest BCUT2D eigenvalue weighted by Gasteiger charge is -2.30. The summed E-state index contributed by atoms with van der Waals surface area (Å²) < 4.78 is 5.23. The van der Waals surface area contributed by atoms with E-state index in [9.17, 15) is 9.59 Å². The standard InChI is InChI=1S/C17H22N4O3/c1-13(17(23)19-15-5-3-4-14(10-15)11-18)20(2)12-16(22)21-6-8-24-9-7-21/h3-5,10,13H,6-9,12H2,1-2H3,(H,19,23)/t13-/m1/s1. The molecule has 1 aromatic carbocycles. The monoisotopic (exact) mass is 330 g/mol. The highest BCUT2D eigenvalue weighted by Gasteiger charge is 2.23. The molecule has 0 bridgehead atoms. The number of morpholine rings is 1. The zero-order valence-corrected chi connectivity index (χ0v) is 14.0. The van der Waals surface area contributed by atoms with Crippen LogP contribution in [0, 0.1) is 11.3 Å². The first kappa shape index (κ1) is 17.9. The summed E-state index contributed by atoms with van der Waals surface area (Å²) in [4.78, 5) is 28.0. The van der Waals surface area contributed by atoms with E-state index < -0.39 is 6.04 Å². The molecule has 1 heterocycles. The van der Waals surface area contributed by atoms with Crippen LogP contribution < -0.4 is 5.32 Å². The molecule has 1 aliphatic rings. The first-order chi connectivity index (χ1) is 11.5. The van der Waals surface area contributed by atoms with Crippen LogP contribution in [0.15, 0.2) is 24.3 Å². The number of amides is 2. The van der Waals surface area contributed by atoms with Crippen LogP contribution in [0.1, 0.15) is 12.5 Å². The van der Waals surface area contributed by atoms with Crippen molar-refractivity contribution in [2.45, 2.75) is 13.0 Å². The molecule has 128 valence electrons. The van der Waals surface area contributed by atoms with Crippen LogP contribution >= 0.6 is 0 Å². The second-order valence-corrected chi connectivity index (χ2v) is 5.77. The number of hydrogen-bond acceptors (Lipinski definition) is 5. The van der Waals surface area contributed by atoms with Crippen molar-refractivity contribution in [3.63, 3.8) is 0 Å². The van der Waals surface area contributed by atoms with Crippen molar-refractivity contribution in [2.24, 2.45) is 0 Å². The Morgan fingerprint density at radius 1 is 1.42 bits per heavy atom. The fraction of sp³-hybridized carbons (Fsp3) is 0.471. The SMILES string of the molecule is C[C@H](C(=O)Nc1cccc(C#N)c1)N(C)CC(=O)N1CCOCC1. The van der Waals surface area contributed by atoms with Gasteiger partial charge < -0.3 is 15.0 Å². The van der Waals surface area contributed by atoms with Gasteiger partial charge in [0.25, 0.3) is 0 Å². The predicted octanol–water partition coefficient (Wildman–Crippen LogP) is 0.676. The highest BCUT2D eigenvalue weighted by molar-refractivity contribution is 5.95. The number of likely N-dealkylation sites (N-methyl/N-ethyl adjacent to an activating group) is 1. The molecule has 2 amide bonds. The quantitative estimate of drug-likeness (QED) is 0.858. The number of anilines is 1. The summed E-state index contributed by atoms with van der Waals surface area (Å²) in [6.07, 6.45) is 0. The Morgan fingerprint density at radius 2 is 2.12 bits per heavy atom. The van der Waals surface area contributed by atoms with Crippen LogP contribution in [-0.4, -0.2) is 67.6 Å². The van der Waals surface area contributed by atoms with Crippen molar-refractivity contribution in [1.82, 2.24) is 9.80 Å². The lowest BCUT2D eigenvalue weighted by Crippen LogP contribution is -2.48. The van der Waals surface area contributed by atoms with Crippen molar-refractivity contribution in [3.05, 3.63) is 29.8 Å². The van der Waals surface area contributed by atoms with Gasteiger partial charge in [-0.05, 0) is 32.2 Å². The normalized spacial score (nSPS) is 15.7. The molecule has 1 aliphatic heterocycles. The van der Waals surface area contributed by atoms with Crippen LogP contribution in [0.3, 0.4) is 0 Å². The number of rotatable bonds is 5. The number of hydrogen-bond donors (Lipinski definition) is 1. The second-order valence-electron chi connectivity index (χ2n) is 5.77. The molecule has 0 aromatic heterocycles. The van der Waals surface area contributed by atoms with E-state index in [2.05, 4.69) is 5.32 Å². The van der Waals surface area contributed by atoms with E-state index in [1.807, 2.05) is 6.07 Å². The van der Waals surface area contributed by atoms with Gasteiger partial charge >= 0.3 is 0 Å². The molecule has 1 saturated heterocycles. The molecule has 2 rings (SSSR count). The molecule has 24 heavy (non-hydrogen) atoms. The predicted molar refractivity (Wildman–Crippen MR) is 89.3 cm³/mol. The third-order valence-corrected chi connectivity index (χ3v) is 4.05. The summed E-state index contributed by atoms with van der Waals surface area (Å²) in [6, 6.07) is 8.29. The van der Waals surface area contributed by atoms with E-state index in [0.717, 1.165) is 0 Å². The molecular formula is C17H22N4O3. The first-order valence-electron chi connectivity index (χ1n) is 7.88.